The van der Waals surface area contributed by atoms with Gasteiger partial charge in [0.15, 0.2) is 0 Å². The maximum atomic E-state index is 13.3. The zero-order chi connectivity index (χ0) is 19.2. The Hall–Kier alpha value is -3.11. The highest BCUT2D eigenvalue weighted by molar-refractivity contribution is 5.77. The number of carbonyl (C=O) groups excluding carboxylic acids is 1. The second-order valence-corrected chi connectivity index (χ2v) is 7.02. The molecule has 4 rings (SSSR count). The summed E-state index contributed by atoms with van der Waals surface area (Å²) in [5.41, 5.74) is 2.36. The van der Waals surface area contributed by atoms with Gasteiger partial charge in [0.1, 0.15) is 5.54 Å². The van der Waals surface area contributed by atoms with Gasteiger partial charge in [-0.25, -0.2) is 4.79 Å². The Bertz CT molecular complexity index is 794. The minimum atomic E-state index is -0.758. The van der Waals surface area contributed by atoms with Crippen molar-refractivity contribution in [1.82, 2.24) is 15.5 Å². The molecule has 28 heavy (non-hydrogen) atoms. The van der Waals surface area contributed by atoms with Crippen molar-refractivity contribution in [3.05, 3.63) is 108 Å². The van der Waals surface area contributed by atoms with Crippen LogP contribution in [0.5, 0.6) is 0 Å². The van der Waals surface area contributed by atoms with Crippen LogP contribution in [0, 0.1) is 0 Å². The Morgan fingerprint density at radius 1 is 0.714 bits per heavy atom. The topological polar surface area (TPSA) is 44.4 Å². The Kier molecular flexibility index (Phi) is 5.40. The zero-order valence-corrected chi connectivity index (χ0v) is 15.8. The van der Waals surface area contributed by atoms with Crippen molar-refractivity contribution in [2.75, 3.05) is 26.2 Å². The highest BCUT2D eigenvalue weighted by atomic mass is 16.2. The van der Waals surface area contributed by atoms with Crippen LogP contribution in [0.2, 0.25) is 0 Å². The number of hydrogen-bond acceptors (Lipinski definition) is 2. The van der Waals surface area contributed by atoms with E-state index in [1.54, 1.807) is 0 Å². The normalized spacial score (nSPS) is 14.5. The standard InChI is InChI=1S/C24H25N3O/c28-23(27-18-16-25-17-19-27)26-24(20-10-4-1-5-11-20,21-12-6-2-7-13-21)22-14-8-3-9-15-22/h1-15,25H,16-19H2,(H,26,28). The molecule has 1 aliphatic heterocycles. The molecule has 0 unspecified atom stereocenters. The third-order valence-electron chi connectivity index (χ3n) is 5.32. The summed E-state index contributed by atoms with van der Waals surface area (Å²) in [5.74, 6) is 0. The Balaban J connectivity index is 1.87. The van der Waals surface area contributed by atoms with Gasteiger partial charge in [-0.2, -0.15) is 0 Å². The predicted molar refractivity (Wildman–Crippen MR) is 112 cm³/mol. The molecule has 0 bridgehead atoms. The summed E-state index contributed by atoms with van der Waals surface area (Å²) < 4.78 is 0. The summed E-state index contributed by atoms with van der Waals surface area (Å²) in [4.78, 5) is 15.2. The summed E-state index contributed by atoms with van der Waals surface area (Å²) in [6.07, 6.45) is 0. The number of nitrogens with zero attached hydrogens (tertiary/aromatic N) is 1. The van der Waals surface area contributed by atoms with E-state index >= 15 is 0 Å². The number of hydrogen-bond donors (Lipinski definition) is 2. The molecular formula is C24H25N3O. The maximum absolute atomic E-state index is 13.3. The van der Waals surface area contributed by atoms with Gasteiger partial charge >= 0.3 is 6.03 Å². The van der Waals surface area contributed by atoms with Gasteiger partial charge < -0.3 is 15.5 Å². The van der Waals surface area contributed by atoms with Gasteiger partial charge in [-0.1, -0.05) is 91.0 Å². The second-order valence-electron chi connectivity index (χ2n) is 7.02. The van der Waals surface area contributed by atoms with Crippen LogP contribution in [0.4, 0.5) is 4.79 Å². The highest BCUT2D eigenvalue weighted by Crippen LogP contribution is 2.36. The molecule has 4 nitrogen and oxygen atoms in total. The Morgan fingerprint density at radius 2 is 1.11 bits per heavy atom. The van der Waals surface area contributed by atoms with Gasteiger partial charge in [-0.05, 0) is 16.7 Å². The summed E-state index contributed by atoms with van der Waals surface area (Å²) in [6, 6.07) is 30.6. The quantitative estimate of drug-likeness (QED) is 0.689. The molecule has 3 aromatic rings. The lowest BCUT2D eigenvalue weighted by molar-refractivity contribution is 0.183. The van der Waals surface area contributed by atoms with Gasteiger partial charge in [0.05, 0.1) is 0 Å². The van der Waals surface area contributed by atoms with E-state index in [1.807, 2.05) is 59.5 Å². The molecule has 142 valence electrons. The van der Waals surface area contributed by atoms with Crippen LogP contribution in [0.1, 0.15) is 16.7 Å². The van der Waals surface area contributed by atoms with Crippen molar-refractivity contribution < 1.29 is 4.79 Å². The summed E-state index contributed by atoms with van der Waals surface area (Å²) >= 11 is 0. The largest absolute Gasteiger partial charge is 0.322 e. The van der Waals surface area contributed by atoms with Crippen LogP contribution < -0.4 is 10.6 Å². The van der Waals surface area contributed by atoms with Gasteiger partial charge in [-0.15, -0.1) is 0 Å². The van der Waals surface area contributed by atoms with Crippen molar-refractivity contribution in [2.45, 2.75) is 5.54 Å². The number of amides is 2. The third-order valence-corrected chi connectivity index (χ3v) is 5.32. The molecule has 0 aromatic heterocycles. The van der Waals surface area contributed by atoms with Gasteiger partial charge in [0, 0.05) is 26.2 Å². The lowest BCUT2D eigenvalue weighted by atomic mass is 9.77. The lowest BCUT2D eigenvalue weighted by Gasteiger charge is -2.39. The molecule has 1 aliphatic rings. The minimum absolute atomic E-state index is 0.0435. The number of carbonyl (C=O) groups is 1. The zero-order valence-electron chi connectivity index (χ0n) is 15.8. The SMILES string of the molecule is O=C(NC(c1ccccc1)(c1ccccc1)c1ccccc1)N1CCNCC1. The minimum Gasteiger partial charge on any atom is -0.322 e. The fraction of sp³-hybridized carbons (Fsp3) is 0.208. The first-order chi connectivity index (χ1) is 13.8. The van der Waals surface area contributed by atoms with Gasteiger partial charge in [0.25, 0.3) is 0 Å². The van der Waals surface area contributed by atoms with Crippen LogP contribution >= 0.6 is 0 Å². The van der Waals surface area contributed by atoms with Crippen molar-refractivity contribution in [2.24, 2.45) is 0 Å². The van der Waals surface area contributed by atoms with Crippen molar-refractivity contribution in [3.8, 4) is 0 Å². The van der Waals surface area contributed by atoms with Crippen LogP contribution in [-0.4, -0.2) is 37.1 Å². The number of nitrogens with one attached hydrogen (secondary N) is 2. The summed E-state index contributed by atoms with van der Waals surface area (Å²) in [5, 5.41) is 6.71. The summed E-state index contributed by atoms with van der Waals surface area (Å²) in [7, 11) is 0. The van der Waals surface area contributed by atoms with E-state index in [-0.39, 0.29) is 6.03 Å². The molecular weight excluding hydrogens is 346 g/mol. The molecule has 1 fully saturated rings. The molecule has 0 aliphatic carbocycles. The van der Waals surface area contributed by atoms with E-state index in [0.29, 0.717) is 13.1 Å². The molecule has 3 aromatic carbocycles. The molecule has 0 saturated carbocycles. The number of piperazine rings is 1. The molecule has 1 saturated heterocycles. The predicted octanol–water partition coefficient (Wildman–Crippen LogP) is 3.59. The Labute approximate surface area is 166 Å². The molecule has 0 spiro atoms. The highest BCUT2D eigenvalue weighted by Gasteiger charge is 2.39. The summed E-state index contributed by atoms with van der Waals surface area (Å²) in [6.45, 7) is 3.06. The van der Waals surface area contributed by atoms with E-state index in [9.17, 15) is 4.79 Å². The van der Waals surface area contributed by atoms with Crippen LogP contribution in [0.15, 0.2) is 91.0 Å². The first-order valence-electron chi connectivity index (χ1n) is 9.75. The smallest absolute Gasteiger partial charge is 0.318 e. The van der Waals surface area contributed by atoms with Crippen LogP contribution in [-0.2, 0) is 5.54 Å². The average Bonchev–Trinajstić information content (AvgIpc) is 2.80. The van der Waals surface area contributed by atoms with E-state index in [1.165, 1.54) is 0 Å². The number of urea groups is 1. The van der Waals surface area contributed by atoms with Crippen molar-refractivity contribution in [1.29, 1.82) is 0 Å². The average molecular weight is 371 g/mol. The van der Waals surface area contributed by atoms with E-state index in [0.717, 1.165) is 29.8 Å². The molecule has 2 amide bonds. The van der Waals surface area contributed by atoms with Gasteiger partial charge in [-0.3, -0.25) is 0 Å². The van der Waals surface area contributed by atoms with Crippen LogP contribution in [0.25, 0.3) is 0 Å². The monoisotopic (exact) mass is 371 g/mol. The molecule has 0 radical (unpaired) electrons. The molecule has 2 N–H and O–H groups in total. The third kappa shape index (κ3) is 3.51. The Morgan fingerprint density at radius 3 is 1.50 bits per heavy atom. The maximum Gasteiger partial charge on any atom is 0.318 e. The number of benzene rings is 3. The number of rotatable bonds is 4. The van der Waals surface area contributed by atoms with E-state index in [4.69, 9.17) is 0 Å². The molecule has 0 atom stereocenters. The van der Waals surface area contributed by atoms with Crippen molar-refractivity contribution >= 4 is 6.03 Å². The van der Waals surface area contributed by atoms with Gasteiger partial charge in [0.2, 0.25) is 0 Å². The molecule has 1 heterocycles. The fourth-order valence-electron chi connectivity index (χ4n) is 3.89. The molecule has 4 heteroatoms. The van der Waals surface area contributed by atoms with E-state index < -0.39 is 5.54 Å². The lowest BCUT2D eigenvalue weighted by Crippen LogP contribution is -2.56. The van der Waals surface area contributed by atoms with Crippen molar-refractivity contribution in [3.63, 3.8) is 0 Å². The van der Waals surface area contributed by atoms with E-state index in [2.05, 4.69) is 47.0 Å². The first-order valence-corrected chi connectivity index (χ1v) is 9.75. The fourth-order valence-corrected chi connectivity index (χ4v) is 3.89. The first kappa shape index (κ1) is 18.3. The second kappa shape index (κ2) is 8.28. The van der Waals surface area contributed by atoms with Crippen LogP contribution in [0.3, 0.4) is 0 Å².